The van der Waals surface area contributed by atoms with Gasteiger partial charge < -0.3 is 20.2 Å². The van der Waals surface area contributed by atoms with Crippen LogP contribution in [0.4, 0.5) is 4.79 Å². The molecule has 0 aliphatic carbocycles. The summed E-state index contributed by atoms with van der Waals surface area (Å²) in [5.41, 5.74) is 2.65. The Morgan fingerprint density at radius 2 is 1.96 bits per heavy atom. The minimum Gasteiger partial charge on any atom is -0.444 e. The minimum absolute atomic E-state index is 0.106. The SMILES string of the molecule is Cc1ccc(-c2nc(CNC(=O)NCCCC(C)(C)CO)co2)cc1. The summed E-state index contributed by atoms with van der Waals surface area (Å²) in [6, 6.07) is 7.69. The molecule has 6 nitrogen and oxygen atoms in total. The zero-order valence-corrected chi connectivity index (χ0v) is 15.1. The van der Waals surface area contributed by atoms with Gasteiger partial charge in [-0.2, -0.15) is 0 Å². The first kappa shape index (κ1) is 19.0. The molecule has 0 aliphatic heterocycles. The van der Waals surface area contributed by atoms with Crippen molar-refractivity contribution in [1.82, 2.24) is 15.6 Å². The van der Waals surface area contributed by atoms with Crippen LogP contribution in [0.1, 0.15) is 37.9 Å². The van der Waals surface area contributed by atoms with Crippen LogP contribution >= 0.6 is 0 Å². The number of aromatic nitrogens is 1. The van der Waals surface area contributed by atoms with Crippen LogP contribution < -0.4 is 10.6 Å². The van der Waals surface area contributed by atoms with E-state index < -0.39 is 0 Å². The number of amides is 2. The number of aryl methyl sites for hydroxylation is 1. The van der Waals surface area contributed by atoms with Crippen LogP contribution in [0.25, 0.3) is 11.5 Å². The number of aliphatic hydroxyl groups excluding tert-OH is 1. The van der Waals surface area contributed by atoms with Gasteiger partial charge in [0.2, 0.25) is 5.89 Å². The third kappa shape index (κ3) is 6.23. The van der Waals surface area contributed by atoms with E-state index in [1.807, 2.05) is 45.0 Å². The summed E-state index contributed by atoms with van der Waals surface area (Å²) < 4.78 is 5.46. The fourth-order valence-corrected chi connectivity index (χ4v) is 2.30. The molecule has 0 radical (unpaired) electrons. The van der Waals surface area contributed by atoms with Gasteiger partial charge in [-0.25, -0.2) is 9.78 Å². The molecule has 0 saturated carbocycles. The van der Waals surface area contributed by atoms with Gasteiger partial charge in [-0.3, -0.25) is 0 Å². The van der Waals surface area contributed by atoms with Crippen LogP contribution in [0.5, 0.6) is 0 Å². The first-order chi connectivity index (χ1) is 11.9. The first-order valence-corrected chi connectivity index (χ1v) is 8.54. The van der Waals surface area contributed by atoms with Gasteiger partial charge in [-0.1, -0.05) is 31.5 Å². The fraction of sp³-hybridized carbons (Fsp3) is 0.474. The molecule has 1 aromatic heterocycles. The predicted octanol–water partition coefficient (Wildman–Crippen LogP) is 3.25. The second-order valence-corrected chi connectivity index (χ2v) is 7.05. The highest BCUT2D eigenvalue weighted by Gasteiger charge is 2.15. The van der Waals surface area contributed by atoms with Crippen LogP contribution in [0.2, 0.25) is 0 Å². The lowest BCUT2D eigenvalue weighted by molar-refractivity contribution is 0.148. The largest absolute Gasteiger partial charge is 0.444 e. The van der Waals surface area contributed by atoms with Crippen molar-refractivity contribution in [3.05, 3.63) is 41.8 Å². The molecule has 0 aliphatic rings. The first-order valence-electron chi connectivity index (χ1n) is 8.54. The standard InChI is InChI=1S/C19H27N3O3/c1-14-5-7-15(8-6-14)17-22-16(12-25-17)11-21-18(24)20-10-4-9-19(2,3)13-23/h5-8,12,23H,4,9-11,13H2,1-3H3,(H2,20,21,24). The van der Waals surface area contributed by atoms with Crippen molar-refractivity contribution < 1.29 is 14.3 Å². The summed E-state index contributed by atoms with van der Waals surface area (Å²) in [6.07, 6.45) is 3.23. The molecule has 0 saturated heterocycles. The van der Waals surface area contributed by atoms with E-state index in [4.69, 9.17) is 4.42 Å². The molecule has 136 valence electrons. The van der Waals surface area contributed by atoms with Gasteiger partial charge in [0.25, 0.3) is 0 Å². The molecule has 2 rings (SSSR count). The number of aliphatic hydroxyl groups is 1. The maximum atomic E-state index is 11.8. The zero-order valence-electron chi connectivity index (χ0n) is 15.1. The Kier molecular flexibility index (Phi) is 6.58. The molecule has 6 heteroatoms. The van der Waals surface area contributed by atoms with E-state index in [0.29, 0.717) is 24.7 Å². The molecule has 0 unspecified atom stereocenters. The summed E-state index contributed by atoms with van der Waals surface area (Å²) in [7, 11) is 0. The molecule has 1 aromatic carbocycles. The Bertz CT molecular complexity index is 677. The van der Waals surface area contributed by atoms with E-state index in [0.717, 1.165) is 18.4 Å². The van der Waals surface area contributed by atoms with Crippen LogP contribution in [-0.4, -0.2) is 29.3 Å². The number of benzene rings is 1. The van der Waals surface area contributed by atoms with E-state index in [1.54, 1.807) is 6.26 Å². The summed E-state index contributed by atoms with van der Waals surface area (Å²) in [5, 5.41) is 14.8. The maximum Gasteiger partial charge on any atom is 0.315 e. The fourth-order valence-electron chi connectivity index (χ4n) is 2.30. The highest BCUT2D eigenvalue weighted by atomic mass is 16.3. The molecule has 0 bridgehead atoms. The third-order valence-corrected chi connectivity index (χ3v) is 4.02. The highest BCUT2D eigenvalue weighted by molar-refractivity contribution is 5.73. The van der Waals surface area contributed by atoms with Gasteiger partial charge in [-0.15, -0.1) is 0 Å². The smallest absolute Gasteiger partial charge is 0.315 e. The van der Waals surface area contributed by atoms with Crippen molar-refractivity contribution in [2.45, 2.75) is 40.2 Å². The lowest BCUT2D eigenvalue weighted by Crippen LogP contribution is -2.36. The number of nitrogens with zero attached hydrogens (tertiary/aromatic N) is 1. The lowest BCUT2D eigenvalue weighted by Gasteiger charge is -2.21. The molecule has 0 fully saturated rings. The lowest BCUT2D eigenvalue weighted by atomic mass is 9.89. The summed E-state index contributed by atoms with van der Waals surface area (Å²) in [4.78, 5) is 16.2. The van der Waals surface area contributed by atoms with E-state index in [2.05, 4.69) is 15.6 Å². The van der Waals surface area contributed by atoms with Gasteiger partial charge in [0.05, 0.1) is 12.2 Å². The number of urea groups is 1. The average molecular weight is 345 g/mol. The van der Waals surface area contributed by atoms with Crippen LogP contribution in [0, 0.1) is 12.3 Å². The molecule has 25 heavy (non-hydrogen) atoms. The summed E-state index contributed by atoms with van der Waals surface area (Å²) in [6.45, 7) is 7.06. The van der Waals surface area contributed by atoms with Crippen LogP contribution in [0.3, 0.4) is 0 Å². The minimum atomic E-state index is -0.235. The molecule has 2 aromatic rings. The topological polar surface area (TPSA) is 87.4 Å². The van der Waals surface area contributed by atoms with Crippen molar-refractivity contribution in [2.75, 3.05) is 13.2 Å². The van der Waals surface area contributed by atoms with Crippen molar-refractivity contribution in [3.63, 3.8) is 0 Å². The Balaban J connectivity index is 1.72. The highest BCUT2D eigenvalue weighted by Crippen LogP contribution is 2.20. The second kappa shape index (κ2) is 8.67. The summed E-state index contributed by atoms with van der Waals surface area (Å²) >= 11 is 0. The molecule has 0 atom stereocenters. The summed E-state index contributed by atoms with van der Waals surface area (Å²) in [5.74, 6) is 0.545. The van der Waals surface area contributed by atoms with E-state index >= 15 is 0 Å². The molecule has 2 amide bonds. The normalized spacial score (nSPS) is 11.4. The van der Waals surface area contributed by atoms with E-state index in [1.165, 1.54) is 5.56 Å². The van der Waals surface area contributed by atoms with Gasteiger partial charge in [0.15, 0.2) is 0 Å². The molecular formula is C19H27N3O3. The predicted molar refractivity (Wildman–Crippen MR) is 97.0 cm³/mol. The Morgan fingerprint density at radius 1 is 1.24 bits per heavy atom. The third-order valence-electron chi connectivity index (χ3n) is 4.02. The maximum absolute atomic E-state index is 11.8. The number of nitrogens with one attached hydrogen (secondary N) is 2. The number of carbonyl (C=O) groups is 1. The molecular weight excluding hydrogens is 318 g/mol. The average Bonchev–Trinajstić information content (AvgIpc) is 3.06. The van der Waals surface area contributed by atoms with Gasteiger partial charge >= 0.3 is 6.03 Å². The molecule has 3 N–H and O–H groups in total. The van der Waals surface area contributed by atoms with Gasteiger partial charge in [0, 0.05) is 18.7 Å². The number of hydrogen-bond acceptors (Lipinski definition) is 4. The number of carbonyl (C=O) groups excluding carboxylic acids is 1. The number of oxazole rings is 1. The van der Waals surface area contributed by atoms with Crippen LogP contribution in [-0.2, 0) is 6.54 Å². The second-order valence-electron chi connectivity index (χ2n) is 7.05. The van der Waals surface area contributed by atoms with Crippen LogP contribution in [0.15, 0.2) is 34.9 Å². The molecule has 1 heterocycles. The van der Waals surface area contributed by atoms with Crippen molar-refractivity contribution in [3.8, 4) is 11.5 Å². The Labute approximate surface area is 148 Å². The van der Waals surface area contributed by atoms with Gasteiger partial charge in [-0.05, 0) is 37.3 Å². The monoisotopic (exact) mass is 345 g/mol. The van der Waals surface area contributed by atoms with Crippen molar-refractivity contribution in [1.29, 1.82) is 0 Å². The van der Waals surface area contributed by atoms with Gasteiger partial charge in [0.1, 0.15) is 6.26 Å². The molecule has 0 spiro atoms. The Hall–Kier alpha value is -2.34. The quantitative estimate of drug-likeness (QED) is 0.641. The Morgan fingerprint density at radius 3 is 2.64 bits per heavy atom. The van der Waals surface area contributed by atoms with E-state index in [-0.39, 0.29) is 18.1 Å². The zero-order chi connectivity index (χ0) is 18.3. The van der Waals surface area contributed by atoms with E-state index in [9.17, 15) is 9.90 Å². The van der Waals surface area contributed by atoms with Crippen molar-refractivity contribution in [2.24, 2.45) is 5.41 Å². The number of hydrogen-bond donors (Lipinski definition) is 3. The number of rotatable bonds is 8. The van der Waals surface area contributed by atoms with Crippen molar-refractivity contribution >= 4 is 6.03 Å².